The molecule has 1 aliphatic rings. The van der Waals surface area contributed by atoms with Gasteiger partial charge in [-0.05, 0) is 35.9 Å². The van der Waals surface area contributed by atoms with Crippen molar-refractivity contribution in [3.63, 3.8) is 0 Å². The number of aromatic amines is 3. The fourth-order valence-corrected chi connectivity index (χ4v) is 3.45. The highest BCUT2D eigenvalue weighted by Crippen LogP contribution is 2.41. The van der Waals surface area contributed by atoms with Crippen LogP contribution in [0, 0.1) is 0 Å². The van der Waals surface area contributed by atoms with Crippen molar-refractivity contribution in [2.24, 2.45) is 0 Å². The quantitative estimate of drug-likeness (QED) is 0.508. The molecule has 0 radical (unpaired) electrons. The second kappa shape index (κ2) is 6.05. The minimum Gasteiger partial charge on any atom is -0.497 e. The average Bonchev–Trinajstić information content (AvgIpc) is 3.31. The van der Waals surface area contributed by atoms with Gasteiger partial charge < -0.3 is 19.2 Å². The first kappa shape index (κ1) is 16.2. The standard InChI is InChI=1S/C20H15N3O5/c1-26-12-5-2-10(3-6-12)15-16-18(22-20(25)23-19(16)24)21-17(15)11-4-7-13-14(8-11)28-9-27-13/h2-8H,9H2,1H3,(H3,21,22,23,24,25). The van der Waals surface area contributed by atoms with E-state index in [1.807, 2.05) is 42.5 Å². The zero-order chi connectivity index (χ0) is 19.3. The molecule has 3 N–H and O–H groups in total. The van der Waals surface area contributed by atoms with Crippen molar-refractivity contribution in [1.82, 2.24) is 15.0 Å². The van der Waals surface area contributed by atoms with Crippen LogP contribution in [0.4, 0.5) is 0 Å². The van der Waals surface area contributed by atoms with E-state index < -0.39 is 11.2 Å². The maximum atomic E-state index is 12.6. The molecule has 0 atom stereocenters. The van der Waals surface area contributed by atoms with Crippen LogP contribution in [0.15, 0.2) is 52.1 Å². The molecule has 1 aliphatic heterocycles. The number of methoxy groups -OCH3 is 1. The van der Waals surface area contributed by atoms with E-state index in [0.29, 0.717) is 39.5 Å². The summed E-state index contributed by atoms with van der Waals surface area (Å²) in [5.41, 5.74) is 2.28. The van der Waals surface area contributed by atoms with Crippen molar-refractivity contribution in [2.75, 3.05) is 13.9 Å². The third-order valence-corrected chi connectivity index (χ3v) is 4.73. The molecule has 0 amide bonds. The fourth-order valence-electron chi connectivity index (χ4n) is 3.45. The lowest BCUT2D eigenvalue weighted by Gasteiger charge is -2.07. The van der Waals surface area contributed by atoms with E-state index in [0.717, 1.165) is 11.1 Å². The van der Waals surface area contributed by atoms with E-state index in [2.05, 4.69) is 15.0 Å². The number of nitrogens with one attached hydrogen (secondary N) is 3. The topological polar surface area (TPSA) is 109 Å². The Morgan fingerprint density at radius 3 is 2.43 bits per heavy atom. The number of hydrogen-bond acceptors (Lipinski definition) is 5. The third kappa shape index (κ3) is 2.46. The molecule has 0 bridgehead atoms. The zero-order valence-corrected chi connectivity index (χ0v) is 14.8. The zero-order valence-electron chi connectivity index (χ0n) is 14.8. The van der Waals surface area contributed by atoms with Crippen LogP contribution in [0.25, 0.3) is 33.4 Å². The molecule has 0 unspecified atom stereocenters. The molecular formula is C20H15N3O5. The van der Waals surface area contributed by atoms with E-state index in [1.54, 1.807) is 7.11 Å². The van der Waals surface area contributed by atoms with E-state index >= 15 is 0 Å². The maximum absolute atomic E-state index is 12.6. The van der Waals surface area contributed by atoms with Crippen LogP contribution in [0.1, 0.15) is 0 Å². The van der Waals surface area contributed by atoms with Gasteiger partial charge in [-0.25, -0.2) is 4.79 Å². The van der Waals surface area contributed by atoms with Crippen molar-refractivity contribution in [2.45, 2.75) is 0 Å². The summed E-state index contributed by atoms with van der Waals surface area (Å²) in [5.74, 6) is 1.99. The van der Waals surface area contributed by atoms with Gasteiger partial charge in [-0.15, -0.1) is 0 Å². The van der Waals surface area contributed by atoms with Crippen LogP contribution < -0.4 is 25.5 Å². The van der Waals surface area contributed by atoms with Crippen LogP contribution in [0.2, 0.25) is 0 Å². The number of H-pyrrole nitrogens is 3. The Bertz CT molecular complexity index is 1310. The van der Waals surface area contributed by atoms with Crippen molar-refractivity contribution in [3.8, 4) is 39.6 Å². The molecule has 3 heterocycles. The van der Waals surface area contributed by atoms with Crippen molar-refractivity contribution in [1.29, 1.82) is 0 Å². The fraction of sp³-hybridized carbons (Fsp3) is 0.100. The summed E-state index contributed by atoms with van der Waals surface area (Å²) in [6.07, 6.45) is 0. The molecule has 140 valence electrons. The van der Waals surface area contributed by atoms with Crippen LogP contribution in [0.5, 0.6) is 17.2 Å². The lowest BCUT2D eigenvalue weighted by molar-refractivity contribution is 0.174. The lowest BCUT2D eigenvalue weighted by atomic mass is 9.99. The predicted octanol–water partition coefficient (Wildman–Crippen LogP) is 2.62. The second-order valence-electron chi connectivity index (χ2n) is 6.33. The normalized spacial score (nSPS) is 12.5. The molecule has 4 aromatic rings. The van der Waals surface area contributed by atoms with Crippen LogP contribution in [-0.4, -0.2) is 28.9 Å². The molecule has 5 rings (SSSR count). The number of aromatic nitrogens is 3. The Balaban J connectivity index is 1.82. The summed E-state index contributed by atoms with van der Waals surface area (Å²) in [5, 5.41) is 0.373. The smallest absolute Gasteiger partial charge is 0.327 e. The molecule has 2 aromatic carbocycles. The minimum absolute atomic E-state index is 0.170. The molecule has 0 fully saturated rings. The first-order valence-corrected chi connectivity index (χ1v) is 8.57. The monoisotopic (exact) mass is 377 g/mol. The Morgan fingerprint density at radius 2 is 1.64 bits per heavy atom. The van der Waals surface area contributed by atoms with Gasteiger partial charge in [0.15, 0.2) is 11.5 Å². The van der Waals surface area contributed by atoms with Crippen LogP contribution in [-0.2, 0) is 0 Å². The van der Waals surface area contributed by atoms with E-state index in [4.69, 9.17) is 14.2 Å². The van der Waals surface area contributed by atoms with Gasteiger partial charge in [0, 0.05) is 11.1 Å². The van der Waals surface area contributed by atoms with E-state index in [-0.39, 0.29) is 6.79 Å². The minimum atomic E-state index is -0.572. The third-order valence-electron chi connectivity index (χ3n) is 4.73. The number of benzene rings is 2. The SMILES string of the molecule is COc1ccc(-c2c(-c3ccc4c(c3)OCO4)[nH]c3[nH]c(=O)[nH]c(=O)c23)cc1. The molecule has 0 saturated carbocycles. The van der Waals surface area contributed by atoms with E-state index in [1.165, 1.54) is 0 Å². The summed E-state index contributed by atoms with van der Waals surface area (Å²) < 4.78 is 16.1. The van der Waals surface area contributed by atoms with Crippen LogP contribution >= 0.6 is 0 Å². The number of fused-ring (bicyclic) bond motifs is 2. The Kier molecular flexibility index (Phi) is 3.51. The first-order valence-electron chi connectivity index (χ1n) is 8.57. The number of rotatable bonds is 3. The Hall–Kier alpha value is -3.94. The lowest BCUT2D eigenvalue weighted by Crippen LogP contribution is -2.21. The summed E-state index contributed by atoms with van der Waals surface area (Å²) in [6, 6.07) is 12.9. The molecule has 2 aromatic heterocycles. The van der Waals surface area contributed by atoms with Gasteiger partial charge in [0.25, 0.3) is 5.56 Å². The van der Waals surface area contributed by atoms with Gasteiger partial charge in [-0.2, -0.15) is 0 Å². The average molecular weight is 377 g/mol. The molecule has 0 saturated heterocycles. The largest absolute Gasteiger partial charge is 0.497 e. The second-order valence-corrected chi connectivity index (χ2v) is 6.33. The molecular weight excluding hydrogens is 362 g/mol. The van der Waals surface area contributed by atoms with Crippen LogP contribution in [0.3, 0.4) is 0 Å². The van der Waals surface area contributed by atoms with E-state index in [9.17, 15) is 9.59 Å². The molecule has 28 heavy (non-hydrogen) atoms. The van der Waals surface area contributed by atoms with Gasteiger partial charge in [0.1, 0.15) is 11.4 Å². The van der Waals surface area contributed by atoms with Gasteiger partial charge in [-0.3, -0.25) is 14.8 Å². The van der Waals surface area contributed by atoms with Gasteiger partial charge in [0.2, 0.25) is 6.79 Å². The highest BCUT2D eigenvalue weighted by molar-refractivity contribution is 6.02. The Morgan fingerprint density at radius 1 is 0.893 bits per heavy atom. The Labute approximate surface area is 157 Å². The molecule has 8 nitrogen and oxygen atoms in total. The predicted molar refractivity (Wildman–Crippen MR) is 103 cm³/mol. The summed E-state index contributed by atoms with van der Waals surface area (Å²) in [4.78, 5) is 32.5. The van der Waals surface area contributed by atoms with Gasteiger partial charge in [0.05, 0.1) is 18.2 Å². The highest BCUT2D eigenvalue weighted by atomic mass is 16.7. The maximum Gasteiger partial charge on any atom is 0.327 e. The molecule has 0 aliphatic carbocycles. The molecule has 0 spiro atoms. The number of hydrogen-bond donors (Lipinski definition) is 3. The summed E-state index contributed by atoms with van der Waals surface area (Å²) in [7, 11) is 1.59. The first-order chi connectivity index (χ1) is 13.6. The van der Waals surface area contributed by atoms with Gasteiger partial charge in [-0.1, -0.05) is 12.1 Å². The van der Waals surface area contributed by atoms with Crippen molar-refractivity contribution in [3.05, 3.63) is 63.3 Å². The van der Waals surface area contributed by atoms with Gasteiger partial charge >= 0.3 is 5.69 Å². The highest BCUT2D eigenvalue weighted by Gasteiger charge is 2.21. The number of ether oxygens (including phenoxy) is 3. The van der Waals surface area contributed by atoms with Crippen molar-refractivity contribution < 1.29 is 14.2 Å². The summed E-state index contributed by atoms with van der Waals surface area (Å²) >= 11 is 0. The van der Waals surface area contributed by atoms with Crippen molar-refractivity contribution >= 4 is 11.0 Å². The molecule has 8 heteroatoms. The summed E-state index contributed by atoms with van der Waals surface area (Å²) in [6.45, 7) is 0.170.